The first kappa shape index (κ1) is 22.1. The van der Waals surface area contributed by atoms with Crippen molar-refractivity contribution in [1.82, 2.24) is 0 Å². The topological polar surface area (TPSA) is 66.8 Å². The fourth-order valence-corrected chi connectivity index (χ4v) is 4.22. The molecule has 1 heterocycles. The molecule has 0 amide bonds. The van der Waals surface area contributed by atoms with Gasteiger partial charge in [-0.2, -0.15) is 0 Å². The van der Waals surface area contributed by atoms with Gasteiger partial charge in [-0.1, -0.05) is 57.9 Å². The van der Waals surface area contributed by atoms with Crippen molar-refractivity contribution in [3.8, 4) is 0 Å². The van der Waals surface area contributed by atoms with Crippen LogP contribution in [0.1, 0.15) is 65.7 Å². The van der Waals surface area contributed by atoms with E-state index in [2.05, 4.69) is 20.8 Å². The number of ether oxygens (including phenoxy) is 1. The standard InChI is InChI=1S/C22H35FO4/c1-4-5-14-22(2,3)18(24)13-11-15-10-12-16-20(15)21(23)17(27-16)8-6-7-9-19(25)26/h6,8,11,13,15-18,20-21,24H,4-5,7,9-10,12,14H2,1-3H3,(H,25,26)/b8-6+,13-11+/t15-,16-,17-,18-,20-,21?/m1/s1. The average Bonchev–Trinajstić information content (AvgIpc) is 3.15. The van der Waals surface area contributed by atoms with Crippen molar-refractivity contribution >= 4 is 5.97 Å². The van der Waals surface area contributed by atoms with Crippen LogP contribution in [0.15, 0.2) is 24.3 Å². The average molecular weight is 383 g/mol. The number of halogens is 1. The summed E-state index contributed by atoms with van der Waals surface area (Å²) in [5.74, 6) is -0.952. The lowest BCUT2D eigenvalue weighted by atomic mass is 9.80. The van der Waals surface area contributed by atoms with Crippen LogP contribution in [0.5, 0.6) is 0 Å². The smallest absolute Gasteiger partial charge is 0.303 e. The highest BCUT2D eigenvalue weighted by Crippen LogP contribution is 2.46. The number of rotatable bonds is 10. The van der Waals surface area contributed by atoms with Crippen molar-refractivity contribution in [2.24, 2.45) is 17.3 Å². The predicted molar refractivity (Wildman–Crippen MR) is 104 cm³/mol. The van der Waals surface area contributed by atoms with Crippen LogP contribution in [0, 0.1) is 17.3 Å². The summed E-state index contributed by atoms with van der Waals surface area (Å²) in [7, 11) is 0. The lowest BCUT2D eigenvalue weighted by molar-refractivity contribution is -0.136. The maximum absolute atomic E-state index is 14.9. The highest BCUT2D eigenvalue weighted by Gasteiger charge is 2.50. The van der Waals surface area contributed by atoms with Crippen molar-refractivity contribution in [3.05, 3.63) is 24.3 Å². The highest BCUT2D eigenvalue weighted by atomic mass is 19.1. The molecule has 1 saturated heterocycles. The highest BCUT2D eigenvalue weighted by molar-refractivity contribution is 5.66. The maximum Gasteiger partial charge on any atom is 0.303 e. The molecule has 4 nitrogen and oxygen atoms in total. The summed E-state index contributed by atoms with van der Waals surface area (Å²) in [6.45, 7) is 6.29. The van der Waals surface area contributed by atoms with Gasteiger partial charge < -0.3 is 14.9 Å². The molecule has 6 atom stereocenters. The van der Waals surface area contributed by atoms with Crippen molar-refractivity contribution in [2.45, 2.75) is 90.2 Å². The predicted octanol–water partition coefficient (Wildman–Crippen LogP) is 4.67. The van der Waals surface area contributed by atoms with E-state index in [9.17, 15) is 14.3 Å². The molecule has 0 aromatic carbocycles. The summed E-state index contributed by atoms with van der Waals surface area (Å²) < 4.78 is 20.8. The van der Waals surface area contributed by atoms with E-state index in [-0.39, 0.29) is 29.8 Å². The van der Waals surface area contributed by atoms with Gasteiger partial charge in [0.1, 0.15) is 12.3 Å². The molecule has 1 aliphatic heterocycles. The van der Waals surface area contributed by atoms with Crippen LogP contribution < -0.4 is 0 Å². The van der Waals surface area contributed by atoms with Crippen LogP contribution in [0.2, 0.25) is 0 Å². The second-order valence-electron chi connectivity index (χ2n) is 8.68. The molecule has 1 unspecified atom stereocenters. The Morgan fingerprint density at radius 2 is 2.07 bits per heavy atom. The Labute approximate surface area is 162 Å². The number of aliphatic hydroxyl groups is 1. The van der Waals surface area contributed by atoms with E-state index in [4.69, 9.17) is 9.84 Å². The summed E-state index contributed by atoms with van der Waals surface area (Å²) in [6.07, 6.45) is 10.2. The molecule has 0 bridgehead atoms. The third-order valence-electron chi connectivity index (χ3n) is 6.09. The van der Waals surface area contributed by atoms with Gasteiger partial charge in [-0.15, -0.1) is 0 Å². The number of hydrogen-bond acceptors (Lipinski definition) is 3. The molecule has 2 N–H and O–H groups in total. The van der Waals surface area contributed by atoms with Gasteiger partial charge in [-0.25, -0.2) is 4.39 Å². The molecule has 0 radical (unpaired) electrons. The molecule has 1 saturated carbocycles. The van der Waals surface area contributed by atoms with E-state index in [1.807, 2.05) is 12.2 Å². The minimum atomic E-state index is -1.08. The zero-order valence-corrected chi connectivity index (χ0v) is 16.8. The SMILES string of the molecule is CCCCC(C)(C)[C@H](O)/C=C/[C@H]1CC[C@H]2O[C@H](/C=C/CCC(=O)O)C(F)[C@H]12. The number of aliphatic hydroxyl groups excluding tert-OH is 1. The quantitative estimate of drug-likeness (QED) is 0.539. The van der Waals surface area contributed by atoms with Gasteiger partial charge in [0.15, 0.2) is 0 Å². The van der Waals surface area contributed by atoms with Crippen LogP contribution in [-0.4, -0.2) is 40.7 Å². The number of unbranched alkanes of at least 4 members (excludes halogenated alkanes) is 1. The van der Waals surface area contributed by atoms with Gasteiger partial charge in [-0.05, 0) is 37.0 Å². The van der Waals surface area contributed by atoms with Crippen LogP contribution >= 0.6 is 0 Å². The molecule has 2 rings (SSSR count). The molecular weight excluding hydrogens is 347 g/mol. The molecular formula is C22H35FO4. The van der Waals surface area contributed by atoms with Crippen molar-refractivity contribution in [2.75, 3.05) is 0 Å². The fourth-order valence-electron chi connectivity index (χ4n) is 4.22. The first-order valence-corrected chi connectivity index (χ1v) is 10.3. The summed E-state index contributed by atoms with van der Waals surface area (Å²) in [4.78, 5) is 10.6. The zero-order chi connectivity index (χ0) is 20.0. The summed E-state index contributed by atoms with van der Waals surface area (Å²) >= 11 is 0. The van der Waals surface area contributed by atoms with Gasteiger partial charge in [0, 0.05) is 12.3 Å². The Bertz CT molecular complexity index is 542. The van der Waals surface area contributed by atoms with E-state index >= 15 is 0 Å². The zero-order valence-electron chi connectivity index (χ0n) is 16.8. The van der Waals surface area contributed by atoms with Crippen LogP contribution in [0.25, 0.3) is 0 Å². The maximum atomic E-state index is 14.9. The minimum absolute atomic E-state index is 0.0457. The van der Waals surface area contributed by atoms with E-state index < -0.39 is 24.3 Å². The Hall–Kier alpha value is -1.20. The molecule has 5 heteroatoms. The van der Waals surface area contributed by atoms with E-state index in [0.717, 1.165) is 32.1 Å². The third-order valence-corrected chi connectivity index (χ3v) is 6.09. The van der Waals surface area contributed by atoms with E-state index in [1.165, 1.54) is 0 Å². The molecule has 2 fully saturated rings. The molecule has 2 aliphatic rings. The monoisotopic (exact) mass is 382 g/mol. The molecule has 27 heavy (non-hydrogen) atoms. The number of carboxylic acid groups (broad SMARTS) is 1. The normalized spacial score (nSPS) is 32.4. The largest absolute Gasteiger partial charge is 0.481 e. The van der Waals surface area contributed by atoms with Crippen LogP contribution in [0.4, 0.5) is 4.39 Å². The molecule has 1 aliphatic carbocycles. The molecule has 0 spiro atoms. The van der Waals surface area contributed by atoms with E-state index in [0.29, 0.717) is 6.42 Å². The Balaban J connectivity index is 1.92. The Morgan fingerprint density at radius 3 is 2.74 bits per heavy atom. The fraction of sp³-hybridized carbons (Fsp3) is 0.773. The number of aliphatic carboxylic acids is 1. The second kappa shape index (κ2) is 9.83. The summed E-state index contributed by atoms with van der Waals surface area (Å²) in [5, 5.41) is 19.2. The summed E-state index contributed by atoms with van der Waals surface area (Å²) in [5.41, 5.74) is -0.179. The number of fused-ring (bicyclic) bond motifs is 1. The molecule has 0 aromatic heterocycles. The Morgan fingerprint density at radius 1 is 1.33 bits per heavy atom. The number of carbonyl (C=O) groups is 1. The molecule has 0 aromatic rings. The first-order chi connectivity index (χ1) is 12.8. The van der Waals surface area contributed by atoms with Gasteiger partial charge in [-0.3, -0.25) is 4.79 Å². The minimum Gasteiger partial charge on any atom is -0.481 e. The van der Waals surface area contributed by atoms with Gasteiger partial charge in [0.25, 0.3) is 0 Å². The number of alkyl halides is 1. The second-order valence-corrected chi connectivity index (χ2v) is 8.68. The Kier molecular flexibility index (Phi) is 8.04. The summed E-state index contributed by atoms with van der Waals surface area (Å²) in [6, 6.07) is 0. The number of allylic oxidation sites excluding steroid dienone is 2. The van der Waals surface area contributed by atoms with Crippen molar-refractivity contribution < 1.29 is 24.1 Å². The van der Waals surface area contributed by atoms with Gasteiger partial charge in [0.2, 0.25) is 0 Å². The van der Waals surface area contributed by atoms with Crippen LogP contribution in [0.3, 0.4) is 0 Å². The molecule has 154 valence electrons. The lowest BCUT2D eigenvalue weighted by Crippen LogP contribution is -2.28. The van der Waals surface area contributed by atoms with Gasteiger partial charge >= 0.3 is 5.97 Å². The van der Waals surface area contributed by atoms with Gasteiger partial charge in [0.05, 0.1) is 12.2 Å². The van der Waals surface area contributed by atoms with Crippen molar-refractivity contribution in [3.63, 3.8) is 0 Å². The first-order valence-electron chi connectivity index (χ1n) is 10.3. The van der Waals surface area contributed by atoms with Crippen LogP contribution in [-0.2, 0) is 9.53 Å². The number of carboxylic acids is 1. The third kappa shape index (κ3) is 5.89. The number of hydrogen-bond donors (Lipinski definition) is 2. The van der Waals surface area contributed by atoms with Crippen molar-refractivity contribution in [1.29, 1.82) is 0 Å². The lowest BCUT2D eigenvalue weighted by Gasteiger charge is -2.29. The van der Waals surface area contributed by atoms with E-state index in [1.54, 1.807) is 12.2 Å².